The number of carbonyl (C=O) groups is 1. The van der Waals surface area contributed by atoms with Gasteiger partial charge in [-0.3, -0.25) is 10.1 Å². The predicted octanol–water partition coefficient (Wildman–Crippen LogP) is 6.49. The van der Waals surface area contributed by atoms with Crippen LogP contribution >= 0.6 is 27.3 Å². The van der Waals surface area contributed by atoms with Crippen LogP contribution in [0.25, 0.3) is 21.7 Å². The zero-order chi connectivity index (χ0) is 18.6. The molecule has 1 heterocycles. The van der Waals surface area contributed by atoms with Crippen molar-refractivity contribution in [1.29, 1.82) is 0 Å². The van der Waals surface area contributed by atoms with Crippen molar-refractivity contribution in [2.75, 3.05) is 5.32 Å². The van der Waals surface area contributed by atoms with Gasteiger partial charge in [-0.05, 0) is 33.6 Å². The van der Waals surface area contributed by atoms with Crippen LogP contribution in [-0.2, 0) is 0 Å². The molecule has 0 spiro atoms. The van der Waals surface area contributed by atoms with E-state index in [1.807, 2.05) is 66.7 Å². The number of rotatable bonds is 4. The lowest BCUT2D eigenvalue weighted by Crippen LogP contribution is -2.12. The Labute approximate surface area is 169 Å². The molecule has 0 radical (unpaired) electrons. The molecule has 0 aliphatic rings. The Hall–Kier alpha value is -2.76. The summed E-state index contributed by atoms with van der Waals surface area (Å²) in [5.74, 6) is -0.185. The number of amides is 1. The van der Waals surface area contributed by atoms with Crippen molar-refractivity contribution in [2.24, 2.45) is 0 Å². The lowest BCUT2D eigenvalue weighted by Gasteiger charge is -2.03. The number of aromatic nitrogens is 1. The monoisotopic (exact) mass is 434 g/mol. The summed E-state index contributed by atoms with van der Waals surface area (Å²) in [5.41, 5.74) is 3.55. The zero-order valence-corrected chi connectivity index (χ0v) is 16.6. The number of carbonyl (C=O) groups excluding carboxylic acids is 1. The van der Waals surface area contributed by atoms with Crippen molar-refractivity contribution in [1.82, 2.24) is 4.98 Å². The third kappa shape index (κ3) is 3.84. The van der Waals surface area contributed by atoms with E-state index in [1.165, 1.54) is 11.3 Å². The molecule has 4 aromatic rings. The number of anilines is 1. The third-order valence-electron chi connectivity index (χ3n) is 4.05. The number of nitrogens with one attached hydrogen (secondary N) is 1. The molecule has 0 bridgehead atoms. The molecule has 0 aliphatic carbocycles. The fourth-order valence-electron chi connectivity index (χ4n) is 2.76. The molecule has 1 amide bonds. The Morgan fingerprint density at radius 1 is 0.815 bits per heavy atom. The van der Waals surface area contributed by atoms with Crippen LogP contribution < -0.4 is 5.32 Å². The van der Waals surface area contributed by atoms with Gasteiger partial charge in [0.25, 0.3) is 5.91 Å². The van der Waals surface area contributed by atoms with Gasteiger partial charge in [0.1, 0.15) is 0 Å². The highest BCUT2D eigenvalue weighted by molar-refractivity contribution is 9.10. The maximum Gasteiger partial charge on any atom is 0.258 e. The summed E-state index contributed by atoms with van der Waals surface area (Å²) in [6.07, 6.45) is 0. The van der Waals surface area contributed by atoms with E-state index < -0.39 is 0 Å². The number of benzene rings is 3. The fourth-order valence-corrected chi connectivity index (χ4v) is 4.21. The number of nitrogens with zero attached hydrogens (tertiary/aromatic N) is 1. The van der Waals surface area contributed by atoms with Gasteiger partial charge in [0, 0.05) is 10.0 Å². The van der Waals surface area contributed by atoms with E-state index in [1.54, 1.807) is 6.07 Å². The van der Waals surface area contributed by atoms with Gasteiger partial charge in [-0.25, -0.2) is 4.98 Å². The van der Waals surface area contributed by atoms with Gasteiger partial charge in [0.2, 0.25) is 0 Å². The maximum absolute atomic E-state index is 12.7. The Morgan fingerprint density at radius 2 is 1.41 bits per heavy atom. The molecule has 4 rings (SSSR count). The zero-order valence-electron chi connectivity index (χ0n) is 14.2. The Balaban J connectivity index is 1.74. The van der Waals surface area contributed by atoms with Gasteiger partial charge in [0.05, 0.1) is 16.1 Å². The van der Waals surface area contributed by atoms with Crippen LogP contribution in [0, 0.1) is 0 Å². The first-order chi connectivity index (χ1) is 13.2. The molecule has 0 aliphatic heterocycles. The largest absolute Gasteiger partial charge is 0.298 e. The SMILES string of the molecule is O=C(Nc1nc(-c2ccccc2)c(-c2ccccc2)s1)c1ccccc1Br. The minimum Gasteiger partial charge on any atom is -0.298 e. The lowest BCUT2D eigenvalue weighted by atomic mass is 10.1. The average molecular weight is 435 g/mol. The minimum atomic E-state index is -0.185. The molecule has 3 nitrogen and oxygen atoms in total. The number of thiazole rings is 1. The molecule has 132 valence electrons. The molecule has 0 fully saturated rings. The molecule has 0 saturated heterocycles. The Kier molecular flexibility index (Phi) is 5.14. The van der Waals surface area contributed by atoms with Gasteiger partial charge in [0.15, 0.2) is 5.13 Å². The summed E-state index contributed by atoms with van der Waals surface area (Å²) in [4.78, 5) is 18.4. The first-order valence-electron chi connectivity index (χ1n) is 8.40. The van der Waals surface area contributed by atoms with Crippen molar-refractivity contribution >= 4 is 38.3 Å². The standard InChI is InChI=1S/C22H15BrN2OS/c23-18-14-8-7-13-17(18)21(26)25-22-24-19(15-9-3-1-4-10-15)20(27-22)16-11-5-2-6-12-16/h1-14H,(H,24,25,26). The molecule has 0 saturated carbocycles. The Bertz CT molecular complexity index is 1020. The highest BCUT2D eigenvalue weighted by atomic mass is 79.9. The van der Waals surface area contributed by atoms with E-state index in [-0.39, 0.29) is 5.91 Å². The molecule has 0 atom stereocenters. The topological polar surface area (TPSA) is 42.0 Å². The highest BCUT2D eigenvalue weighted by Gasteiger charge is 2.17. The van der Waals surface area contributed by atoms with Gasteiger partial charge in [-0.1, -0.05) is 84.1 Å². The van der Waals surface area contributed by atoms with Crippen LogP contribution in [0.15, 0.2) is 89.4 Å². The van der Waals surface area contributed by atoms with E-state index in [9.17, 15) is 4.79 Å². The number of hydrogen-bond donors (Lipinski definition) is 1. The molecule has 3 aromatic carbocycles. The van der Waals surface area contributed by atoms with E-state index in [0.29, 0.717) is 10.7 Å². The van der Waals surface area contributed by atoms with E-state index >= 15 is 0 Å². The number of halogens is 1. The molecule has 27 heavy (non-hydrogen) atoms. The van der Waals surface area contributed by atoms with Crippen molar-refractivity contribution in [3.8, 4) is 21.7 Å². The van der Waals surface area contributed by atoms with Gasteiger partial charge in [-0.15, -0.1) is 0 Å². The van der Waals surface area contributed by atoms with Gasteiger partial charge >= 0.3 is 0 Å². The van der Waals surface area contributed by atoms with Crippen molar-refractivity contribution in [2.45, 2.75) is 0 Å². The minimum absolute atomic E-state index is 0.185. The van der Waals surface area contributed by atoms with Crippen LogP contribution in [0.3, 0.4) is 0 Å². The van der Waals surface area contributed by atoms with E-state index in [0.717, 1.165) is 26.2 Å². The van der Waals surface area contributed by atoms with Gasteiger partial charge in [-0.2, -0.15) is 0 Å². The first-order valence-corrected chi connectivity index (χ1v) is 10.0. The summed E-state index contributed by atoms with van der Waals surface area (Å²) in [6.45, 7) is 0. The third-order valence-corrected chi connectivity index (χ3v) is 5.76. The van der Waals surface area contributed by atoms with Crippen LogP contribution in [0.4, 0.5) is 5.13 Å². The molecular formula is C22H15BrN2OS. The smallest absolute Gasteiger partial charge is 0.258 e. The summed E-state index contributed by atoms with van der Waals surface area (Å²) in [7, 11) is 0. The van der Waals surface area contributed by atoms with E-state index in [4.69, 9.17) is 4.98 Å². The lowest BCUT2D eigenvalue weighted by molar-refractivity contribution is 0.102. The van der Waals surface area contributed by atoms with Crippen LogP contribution in [0.5, 0.6) is 0 Å². The Morgan fingerprint density at radius 3 is 2.07 bits per heavy atom. The predicted molar refractivity (Wildman–Crippen MR) is 115 cm³/mol. The van der Waals surface area contributed by atoms with Crippen molar-refractivity contribution in [3.05, 3.63) is 95.0 Å². The summed E-state index contributed by atoms with van der Waals surface area (Å²) >= 11 is 4.90. The number of hydrogen-bond acceptors (Lipinski definition) is 3. The molecule has 5 heteroatoms. The molecule has 1 N–H and O–H groups in total. The second-order valence-electron chi connectivity index (χ2n) is 5.86. The van der Waals surface area contributed by atoms with Crippen LogP contribution in [0.2, 0.25) is 0 Å². The quantitative estimate of drug-likeness (QED) is 0.398. The summed E-state index contributed by atoms with van der Waals surface area (Å²) in [5, 5.41) is 3.52. The first kappa shape index (κ1) is 17.6. The average Bonchev–Trinajstić information content (AvgIpc) is 3.13. The molecular weight excluding hydrogens is 420 g/mol. The summed E-state index contributed by atoms with van der Waals surface area (Å²) < 4.78 is 0.755. The van der Waals surface area contributed by atoms with Gasteiger partial charge < -0.3 is 0 Å². The van der Waals surface area contributed by atoms with Crippen molar-refractivity contribution < 1.29 is 4.79 Å². The summed E-state index contributed by atoms with van der Waals surface area (Å²) in [6, 6.07) is 27.5. The normalized spacial score (nSPS) is 10.6. The van der Waals surface area contributed by atoms with Crippen LogP contribution in [-0.4, -0.2) is 10.9 Å². The molecule has 1 aromatic heterocycles. The highest BCUT2D eigenvalue weighted by Crippen LogP contribution is 2.39. The second kappa shape index (κ2) is 7.86. The van der Waals surface area contributed by atoms with Crippen molar-refractivity contribution in [3.63, 3.8) is 0 Å². The fraction of sp³-hybridized carbons (Fsp3) is 0. The second-order valence-corrected chi connectivity index (χ2v) is 7.72. The molecule has 0 unspecified atom stereocenters. The van der Waals surface area contributed by atoms with E-state index in [2.05, 4.69) is 33.4 Å². The van der Waals surface area contributed by atoms with Crippen LogP contribution in [0.1, 0.15) is 10.4 Å². The maximum atomic E-state index is 12.7.